The summed E-state index contributed by atoms with van der Waals surface area (Å²) >= 11 is 0. The Bertz CT molecular complexity index is 347. The van der Waals surface area contributed by atoms with Gasteiger partial charge in [-0.3, -0.25) is 4.98 Å². The van der Waals surface area contributed by atoms with Crippen LogP contribution in [0.1, 0.15) is 44.7 Å². The molecule has 0 bridgehead atoms. The Hall–Kier alpha value is -0.960. The van der Waals surface area contributed by atoms with E-state index in [9.17, 15) is 4.39 Å². The van der Waals surface area contributed by atoms with E-state index in [0.717, 1.165) is 5.56 Å². The molecule has 82 valence electrons. The van der Waals surface area contributed by atoms with Crippen LogP contribution in [0, 0.1) is 5.82 Å². The lowest BCUT2D eigenvalue weighted by Gasteiger charge is -2.41. The van der Waals surface area contributed by atoms with Crippen molar-refractivity contribution < 1.29 is 4.39 Å². The minimum Gasteiger partial charge on any atom is -0.305 e. The maximum absolute atomic E-state index is 13.0. The summed E-state index contributed by atoms with van der Waals surface area (Å²) in [5, 5.41) is 3.53. The van der Waals surface area contributed by atoms with Crippen LogP contribution in [0.25, 0.3) is 0 Å². The lowest BCUT2D eigenvalue weighted by Crippen LogP contribution is -2.49. The monoisotopic (exact) mass is 208 g/mol. The van der Waals surface area contributed by atoms with Crippen LogP contribution in [0.2, 0.25) is 0 Å². The van der Waals surface area contributed by atoms with Gasteiger partial charge in [0.05, 0.1) is 6.20 Å². The molecule has 2 nitrogen and oxygen atoms in total. The van der Waals surface area contributed by atoms with Gasteiger partial charge in [0.15, 0.2) is 0 Å². The summed E-state index contributed by atoms with van der Waals surface area (Å²) in [5.41, 5.74) is 1.16. The molecule has 1 fully saturated rings. The maximum Gasteiger partial charge on any atom is 0.141 e. The van der Waals surface area contributed by atoms with Crippen LogP contribution < -0.4 is 5.32 Å². The van der Waals surface area contributed by atoms with E-state index < -0.39 is 0 Å². The molecule has 0 aromatic carbocycles. The van der Waals surface area contributed by atoms with Crippen molar-refractivity contribution in [3.63, 3.8) is 0 Å². The molecule has 3 heteroatoms. The van der Waals surface area contributed by atoms with Gasteiger partial charge >= 0.3 is 0 Å². The molecule has 1 heterocycles. The zero-order valence-corrected chi connectivity index (χ0v) is 9.26. The van der Waals surface area contributed by atoms with Crippen LogP contribution >= 0.6 is 0 Å². The zero-order chi connectivity index (χ0) is 10.9. The first-order valence-corrected chi connectivity index (χ1v) is 5.47. The fourth-order valence-electron chi connectivity index (χ4n) is 2.12. The van der Waals surface area contributed by atoms with Crippen molar-refractivity contribution in [3.8, 4) is 0 Å². The molecule has 0 amide bonds. The van der Waals surface area contributed by atoms with Gasteiger partial charge in [-0.15, -0.1) is 0 Å². The molecule has 1 atom stereocenters. The van der Waals surface area contributed by atoms with Crippen molar-refractivity contribution in [1.82, 2.24) is 10.3 Å². The molecule has 1 N–H and O–H groups in total. The minimum atomic E-state index is -0.264. The fraction of sp³-hybridized carbons (Fsp3) is 0.583. The van der Waals surface area contributed by atoms with E-state index in [1.807, 2.05) is 0 Å². The van der Waals surface area contributed by atoms with E-state index in [0.29, 0.717) is 0 Å². The number of nitrogens with one attached hydrogen (secondary N) is 1. The molecule has 2 rings (SSSR count). The third-order valence-electron chi connectivity index (χ3n) is 3.25. The predicted molar refractivity (Wildman–Crippen MR) is 58.0 cm³/mol. The van der Waals surface area contributed by atoms with Gasteiger partial charge in [0.25, 0.3) is 0 Å². The molecule has 0 saturated heterocycles. The largest absolute Gasteiger partial charge is 0.305 e. The average molecular weight is 208 g/mol. The van der Waals surface area contributed by atoms with Crippen LogP contribution in [0.4, 0.5) is 4.39 Å². The molecule has 0 spiro atoms. The summed E-state index contributed by atoms with van der Waals surface area (Å²) in [6, 6.07) is 1.71. The van der Waals surface area contributed by atoms with Crippen LogP contribution in [0.15, 0.2) is 18.5 Å². The molecule has 1 aliphatic carbocycles. The number of aromatic nitrogens is 1. The van der Waals surface area contributed by atoms with Gasteiger partial charge in [-0.1, -0.05) is 0 Å². The highest BCUT2D eigenvalue weighted by Gasteiger charge is 2.32. The fourth-order valence-corrected chi connectivity index (χ4v) is 2.12. The van der Waals surface area contributed by atoms with Gasteiger partial charge in [0.1, 0.15) is 5.82 Å². The van der Waals surface area contributed by atoms with Gasteiger partial charge in [-0.25, -0.2) is 4.39 Å². The number of hydrogen-bond acceptors (Lipinski definition) is 2. The summed E-state index contributed by atoms with van der Waals surface area (Å²) < 4.78 is 13.0. The number of nitrogens with zero attached hydrogens (tertiary/aromatic N) is 1. The second kappa shape index (κ2) is 3.89. The summed E-state index contributed by atoms with van der Waals surface area (Å²) in [5.74, 6) is -0.264. The summed E-state index contributed by atoms with van der Waals surface area (Å²) in [6.45, 7) is 4.28. The first-order chi connectivity index (χ1) is 7.09. The highest BCUT2D eigenvalue weighted by atomic mass is 19.1. The molecule has 1 unspecified atom stereocenters. The number of rotatable bonds is 3. The summed E-state index contributed by atoms with van der Waals surface area (Å²) in [6.07, 6.45) is 6.67. The Kier molecular flexibility index (Phi) is 2.74. The van der Waals surface area contributed by atoms with Crippen molar-refractivity contribution in [2.45, 2.75) is 44.7 Å². The SMILES string of the molecule is CC(NC1(C)CCC1)c1cncc(F)c1. The minimum absolute atomic E-state index is 0.165. The van der Waals surface area contributed by atoms with E-state index in [1.54, 1.807) is 12.3 Å². The molecular weight excluding hydrogens is 191 g/mol. The average Bonchev–Trinajstić information content (AvgIpc) is 2.15. The topological polar surface area (TPSA) is 24.9 Å². The van der Waals surface area contributed by atoms with Crippen LogP contribution in [-0.2, 0) is 0 Å². The maximum atomic E-state index is 13.0. The van der Waals surface area contributed by atoms with Crippen molar-refractivity contribution in [1.29, 1.82) is 0 Å². The van der Waals surface area contributed by atoms with E-state index >= 15 is 0 Å². The molecule has 1 aromatic rings. The predicted octanol–water partition coefficient (Wildman–Crippen LogP) is 2.81. The Morgan fingerprint density at radius 1 is 1.47 bits per heavy atom. The smallest absolute Gasteiger partial charge is 0.141 e. The second-order valence-corrected chi connectivity index (χ2v) is 4.72. The normalized spacial score (nSPS) is 20.7. The molecule has 1 saturated carbocycles. The van der Waals surface area contributed by atoms with Crippen LogP contribution in [0.3, 0.4) is 0 Å². The third kappa shape index (κ3) is 2.34. The van der Waals surface area contributed by atoms with Crippen molar-refractivity contribution in [2.24, 2.45) is 0 Å². The van der Waals surface area contributed by atoms with Gasteiger partial charge in [-0.05, 0) is 44.7 Å². The summed E-state index contributed by atoms with van der Waals surface area (Å²) in [4.78, 5) is 3.86. The Labute approximate surface area is 89.9 Å². The number of halogens is 1. The molecule has 0 radical (unpaired) electrons. The Balaban J connectivity index is 2.04. The first-order valence-electron chi connectivity index (χ1n) is 5.47. The van der Waals surface area contributed by atoms with E-state index in [4.69, 9.17) is 0 Å². The molecule has 15 heavy (non-hydrogen) atoms. The highest BCUT2D eigenvalue weighted by molar-refractivity contribution is 5.15. The second-order valence-electron chi connectivity index (χ2n) is 4.72. The van der Waals surface area contributed by atoms with Gasteiger partial charge in [0.2, 0.25) is 0 Å². The molecule has 0 aliphatic heterocycles. The molecule has 1 aliphatic rings. The van der Waals surface area contributed by atoms with Gasteiger partial charge < -0.3 is 5.32 Å². The Morgan fingerprint density at radius 3 is 2.73 bits per heavy atom. The summed E-state index contributed by atoms with van der Waals surface area (Å²) in [7, 11) is 0. The quantitative estimate of drug-likeness (QED) is 0.826. The van der Waals surface area contributed by atoms with Crippen LogP contribution in [0.5, 0.6) is 0 Å². The van der Waals surface area contributed by atoms with E-state index in [1.165, 1.54) is 25.5 Å². The lowest BCUT2D eigenvalue weighted by atomic mass is 9.78. The van der Waals surface area contributed by atoms with E-state index in [2.05, 4.69) is 24.1 Å². The number of pyridine rings is 1. The third-order valence-corrected chi connectivity index (χ3v) is 3.25. The lowest BCUT2D eigenvalue weighted by molar-refractivity contribution is 0.189. The van der Waals surface area contributed by atoms with Crippen molar-refractivity contribution >= 4 is 0 Å². The molecule has 1 aromatic heterocycles. The van der Waals surface area contributed by atoms with Crippen molar-refractivity contribution in [2.75, 3.05) is 0 Å². The van der Waals surface area contributed by atoms with Gasteiger partial charge in [-0.2, -0.15) is 0 Å². The van der Waals surface area contributed by atoms with E-state index in [-0.39, 0.29) is 17.4 Å². The highest BCUT2D eigenvalue weighted by Crippen LogP contribution is 2.33. The molecular formula is C12H17FN2. The Morgan fingerprint density at radius 2 is 2.20 bits per heavy atom. The van der Waals surface area contributed by atoms with Crippen LogP contribution in [-0.4, -0.2) is 10.5 Å². The van der Waals surface area contributed by atoms with Crippen molar-refractivity contribution in [3.05, 3.63) is 29.8 Å². The first kappa shape index (κ1) is 10.6. The standard InChI is InChI=1S/C12H17FN2/c1-9(15-12(2)4-3-5-12)10-6-11(13)8-14-7-10/h6-9,15H,3-5H2,1-2H3. The number of hydrogen-bond donors (Lipinski definition) is 1. The zero-order valence-electron chi connectivity index (χ0n) is 9.26. The van der Waals surface area contributed by atoms with Gasteiger partial charge in [0, 0.05) is 17.8 Å².